The molecule has 2 rings (SSSR count). The number of carbonyl (C=O) groups excluding carboxylic acids is 1. The van der Waals surface area contributed by atoms with Gasteiger partial charge in [-0.25, -0.2) is 14.4 Å². The van der Waals surface area contributed by atoms with Crippen LogP contribution < -0.4 is 16.2 Å². The SMILES string of the molecule is CC[C@H](NC(=O)[C@H](CC)n1ccnc(NCc2nonc2C)c1=O)C(=O)O. The minimum Gasteiger partial charge on any atom is -0.480 e. The fourth-order valence-electron chi connectivity index (χ4n) is 2.48. The number of hydrogen-bond donors (Lipinski definition) is 3. The Morgan fingerprint density at radius 1 is 1.30 bits per heavy atom. The van der Waals surface area contributed by atoms with E-state index in [-0.39, 0.29) is 18.8 Å². The van der Waals surface area contributed by atoms with Gasteiger partial charge in [-0.15, -0.1) is 0 Å². The third kappa shape index (κ3) is 4.68. The van der Waals surface area contributed by atoms with E-state index >= 15 is 0 Å². The number of hydrogen-bond acceptors (Lipinski definition) is 8. The van der Waals surface area contributed by atoms with E-state index in [0.29, 0.717) is 17.8 Å². The highest BCUT2D eigenvalue weighted by Gasteiger charge is 2.25. The van der Waals surface area contributed by atoms with Crippen LogP contribution >= 0.6 is 0 Å². The first-order valence-electron chi connectivity index (χ1n) is 8.51. The molecule has 0 unspecified atom stereocenters. The van der Waals surface area contributed by atoms with Gasteiger partial charge in [0.2, 0.25) is 5.91 Å². The molecule has 146 valence electrons. The number of aryl methyl sites for hydroxylation is 1. The average Bonchev–Trinajstić information content (AvgIpc) is 3.05. The zero-order chi connectivity index (χ0) is 20.0. The molecule has 0 spiro atoms. The highest BCUT2D eigenvalue weighted by atomic mass is 16.6. The summed E-state index contributed by atoms with van der Waals surface area (Å²) in [5.41, 5.74) is 0.615. The first-order chi connectivity index (χ1) is 12.9. The van der Waals surface area contributed by atoms with Crippen molar-refractivity contribution in [2.24, 2.45) is 0 Å². The molecule has 0 aromatic carbocycles. The molecule has 2 atom stereocenters. The van der Waals surface area contributed by atoms with Gasteiger partial charge in [0.1, 0.15) is 23.5 Å². The maximum absolute atomic E-state index is 12.7. The Hall–Kier alpha value is -3.24. The standard InChI is InChI=1S/C16H22N6O5/c1-4-10(16(25)26)19-14(23)12(5-2)22-7-6-17-13(15(22)24)18-8-11-9(3)20-27-21-11/h6-7,10,12H,4-5,8H2,1-3H3,(H,17,18)(H,19,23)(H,25,26)/t10-,12-/m0/s1. The molecule has 0 saturated heterocycles. The smallest absolute Gasteiger partial charge is 0.326 e. The second kappa shape index (κ2) is 8.92. The largest absolute Gasteiger partial charge is 0.480 e. The maximum Gasteiger partial charge on any atom is 0.326 e. The van der Waals surface area contributed by atoms with Gasteiger partial charge >= 0.3 is 5.97 Å². The molecule has 27 heavy (non-hydrogen) atoms. The second-order valence-electron chi connectivity index (χ2n) is 5.87. The molecule has 1 amide bonds. The van der Waals surface area contributed by atoms with E-state index < -0.39 is 29.5 Å². The lowest BCUT2D eigenvalue weighted by atomic mass is 10.1. The zero-order valence-corrected chi connectivity index (χ0v) is 15.3. The van der Waals surface area contributed by atoms with E-state index in [1.54, 1.807) is 20.8 Å². The highest BCUT2D eigenvalue weighted by Crippen LogP contribution is 2.11. The highest BCUT2D eigenvalue weighted by molar-refractivity contribution is 5.85. The molecule has 0 bridgehead atoms. The second-order valence-corrected chi connectivity index (χ2v) is 5.87. The van der Waals surface area contributed by atoms with Crippen LogP contribution in [0.4, 0.5) is 5.82 Å². The number of aromatic nitrogens is 4. The molecule has 0 aliphatic rings. The Balaban J connectivity index is 2.20. The number of amides is 1. The summed E-state index contributed by atoms with van der Waals surface area (Å²) >= 11 is 0. The fourth-order valence-corrected chi connectivity index (χ4v) is 2.48. The van der Waals surface area contributed by atoms with Crippen molar-refractivity contribution >= 4 is 17.7 Å². The van der Waals surface area contributed by atoms with Crippen molar-refractivity contribution in [3.8, 4) is 0 Å². The van der Waals surface area contributed by atoms with E-state index in [0.717, 1.165) is 0 Å². The summed E-state index contributed by atoms with van der Waals surface area (Å²) in [6.07, 6.45) is 3.33. The Bertz CT molecular complexity index is 861. The lowest BCUT2D eigenvalue weighted by molar-refractivity contribution is -0.142. The Morgan fingerprint density at radius 3 is 2.59 bits per heavy atom. The van der Waals surface area contributed by atoms with Gasteiger partial charge in [-0.05, 0) is 19.8 Å². The predicted molar refractivity (Wildman–Crippen MR) is 94.0 cm³/mol. The molecule has 0 aliphatic heterocycles. The van der Waals surface area contributed by atoms with Crippen LogP contribution in [0.5, 0.6) is 0 Å². The number of carbonyl (C=O) groups is 2. The normalized spacial score (nSPS) is 13.0. The number of carboxylic acid groups (broad SMARTS) is 1. The number of anilines is 1. The topological polar surface area (TPSA) is 152 Å². The Morgan fingerprint density at radius 2 is 2.04 bits per heavy atom. The van der Waals surface area contributed by atoms with Gasteiger partial charge in [0.05, 0.1) is 6.54 Å². The number of carboxylic acids is 1. The van der Waals surface area contributed by atoms with Crippen LogP contribution in [0.15, 0.2) is 21.8 Å². The molecule has 11 heteroatoms. The van der Waals surface area contributed by atoms with Crippen LogP contribution in [0.2, 0.25) is 0 Å². The molecule has 0 radical (unpaired) electrons. The molecule has 11 nitrogen and oxygen atoms in total. The summed E-state index contributed by atoms with van der Waals surface area (Å²) < 4.78 is 5.83. The first kappa shape index (κ1) is 20.1. The van der Waals surface area contributed by atoms with E-state index in [1.807, 2.05) is 0 Å². The van der Waals surface area contributed by atoms with Crippen LogP contribution in [-0.4, -0.2) is 42.9 Å². The summed E-state index contributed by atoms with van der Waals surface area (Å²) in [6, 6.07) is -1.87. The summed E-state index contributed by atoms with van der Waals surface area (Å²) in [5, 5.41) is 21.8. The van der Waals surface area contributed by atoms with E-state index in [4.69, 9.17) is 5.11 Å². The molecule has 0 fully saturated rings. The molecular weight excluding hydrogens is 356 g/mol. The van der Waals surface area contributed by atoms with Gasteiger partial charge in [0.15, 0.2) is 5.82 Å². The van der Waals surface area contributed by atoms with Gasteiger partial charge in [0, 0.05) is 12.4 Å². The van der Waals surface area contributed by atoms with Crippen molar-refractivity contribution in [1.29, 1.82) is 0 Å². The third-order valence-corrected chi connectivity index (χ3v) is 4.09. The summed E-state index contributed by atoms with van der Waals surface area (Å²) in [6.45, 7) is 5.29. The van der Waals surface area contributed by atoms with Crippen molar-refractivity contribution < 1.29 is 19.3 Å². The Kier molecular flexibility index (Phi) is 6.63. The van der Waals surface area contributed by atoms with E-state index in [1.165, 1.54) is 17.0 Å². The van der Waals surface area contributed by atoms with Crippen molar-refractivity contribution in [1.82, 2.24) is 25.2 Å². The third-order valence-electron chi connectivity index (χ3n) is 4.09. The molecule has 2 aromatic rings. The van der Waals surface area contributed by atoms with Crippen molar-refractivity contribution in [2.45, 2.75) is 52.2 Å². The Labute approximate surface area is 154 Å². The van der Waals surface area contributed by atoms with Gasteiger partial charge in [-0.2, -0.15) is 0 Å². The van der Waals surface area contributed by atoms with Crippen molar-refractivity contribution in [3.63, 3.8) is 0 Å². The van der Waals surface area contributed by atoms with Crippen LogP contribution in [0.3, 0.4) is 0 Å². The average molecular weight is 378 g/mol. The van der Waals surface area contributed by atoms with Crippen molar-refractivity contribution in [3.05, 3.63) is 34.1 Å². The van der Waals surface area contributed by atoms with Crippen LogP contribution in [0.25, 0.3) is 0 Å². The minimum absolute atomic E-state index is 0.0384. The van der Waals surface area contributed by atoms with Crippen LogP contribution in [-0.2, 0) is 16.1 Å². The lowest BCUT2D eigenvalue weighted by Crippen LogP contribution is -2.45. The molecule has 3 N–H and O–H groups in total. The van der Waals surface area contributed by atoms with Crippen LogP contribution in [0.1, 0.15) is 44.1 Å². The van der Waals surface area contributed by atoms with Crippen molar-refractivity contribution in [2.75, 3.05) is 5.32 Å². The lowest BCUT2D eigenvalue weighted by Gasteiger charge is -2.20. The van der Waals surface area contributed by atoms with E-state index in [2.05, 4.69) is 30.6 Å². The number of nitrogens with one attached hydrogen (secondary N) is 2. The molecule has 2 aromatic heterocycles. The minimum atomic E-state index is -1.12. The summed E-state index contributed by atoms with van der Waals surface area (Å²) in [7, 11) is 0. The molecular formula is C16H22N6O5. The van der Waals surface area contributed by atoms with Gasteiger partial charge in [0.25, 0.3) is 5.56 Å². The number of rotatable bonds is 9. The quantitative estimate of drug-likeness (QED) is 0.565. The molecule has 2 heterocycles. The zero-order valence-electron chi connectivity index (χ0n) is 15.3. The summed E-state index contributed by atoms with van der Waals surface area (Å²) in [5.74, 6) is -1.62. The number of nitrogens with zero attached hydrogens (tertiary/aromatic N) is 4. The van der Waals surface area contributed by atoms with E-state index in [9.17, 15) is 14.4 Å². The van der Waals surface area contributed by atoms with Gasteiger partial charge < -0.3 is 15.7 Å². The predicted octanol–water partition coefficient (Wildman–Crippen LogP) is 0.477. The van der Waals surface area contributed by atoms with Gasteiger partial charge in [-0.1, -0.05) is 24.2 Å². The fraction of sp³-hybridized carbons (Fsp3) is 0.500. The summed E-state index contributed by atoms with van der Waals surface area (Å²) in [4.78, 5) is 40.3. The number of aliphatic carboxylic acids is 1. The molecule has 0 aliphatic carbocycles. The van der Waals surface area contributed by atoms with Gasteiger partial charge in [-0.3, -0.25) is 14.2 Å². The molecule has 0 saturated carbocycles. The first-order valence-corrected chi connectivity index (χ1v) is 8.51. The maximum atomic E-state index is 12.7. The van der Waals surface area contributed by atoms with Crippen LogP contribution in [0, 0.1) is 6.92 Å². The monoisotopic (exact) mass is 378 g/mol.